The second-order valence-corrected chi connectivity index (χ2v) is 25.9. The number of hydrogen-bond acceptors (Lipinski definition) is 8. The molecule has 0 rings (SSSR count). The summed E-state index contributed by atoms with van der Waals surface area (Å²) in [5, 5.41) is 0. The molecule has 0 aromatic heterocycles. The summed E-state index contributed by atoms with van der Waals surface area (Å²) in [6, 6.07) is 0. The third-order valence-electron chi connectivity index (χ3n) is 15.2. The molecule has 0 amide bonds. The molecule has 552 valence electrons. The van der Waals surface area contributed by atoms with Crippen molar-refractivity contribution < 1.29 is 37.6 Å². The van der Waals surface area contributed by atoms with Gasteiger partial charge in [-0.2, -0.15) is 0 Å². The van der Waals surface area contributed by atoms with Gasteiger partial charge in [0.15, 0.2) is 6.10 Å². The summed E-state index contributed by atoms with van der Waals surface area (Å²) in [6.45, 7) is 3.47. The van der Waals surface area contributed by atoms with Gasteiger partial charge >= 0.3 is 19.8 Å². The van der Waals surface area contributed by atoms with Crippen molar-refractivity contribution in [2.75, 3.05) is 26.4 Å². The number of esters is 2. The molecule has 2 unspecified atom stereocenters. The van der Waals surface area contributed by atoms with E-state index >= 15 is 0 Å². The van der Waals surface area contributed by atoms with Crippen LogP contribution in [0.4, 0.5) is 0 Å². The Labute approximate surface area is 606 Å². The molecule has 0 aromatic carbocycles. The van der Waals surface area contributed by atoms with Crippen molar-refractivity contribution in [1.82, 2.24) is 0 Å². The zero-order valence-electron chi connectivity index (χ0n) is 62.1. The zero-order valence-corrected chi connectivity index (χ0v) is 63.0. The molecule has 0 aromatic rings. The van der Waals surface area contributed by atoms with Crippen molar-refractivity contribution >= 4 is 19.8 Å². The second kappa shape index (κ2) is 80.8. The highest BCUT2D eigenvalue weighted by atomic mass is 31.2. The largest absolute Gasteiger partial charge is 0.472 e. The molecule has 0 radical (unpaired) electrons. The standard InChI is InChI=1S/C89H138NO8P/c1-3-5-7-9-11-13-15-17-19-21-23-25-27-29-31-33-35-37-39-41-42-43-44-46-48-50-52-54-56-58-60-62-64-66-68-70-72-74-76-78-80-82-89(92)98-87(86-97-99(93,94)96-84-83-90)85-95-88(91)81-79-77-75-73-71-69-67-65-63-61-59-57-55-53-51-49-47-45-40-38-36-34-32-30-28-26-24-22-20-18-16-14-12-10-8-6-4-2/h5-8,11-14,17-20,23-26,29-32,35-38,41-42,44-47,50-53,56-59,62,64,87H,3-4,9-10,15-16,21-22,27-28,33-34,39-40,43,48-49,54-55,60-61,63,65-86,90H2,1-2H3,(H,93,94)/b7-5-,8-6-,13-11-,14-12-,19-17-,20-18-,25-23-,26-24-,31-29-,32-30-,37-35-,38-36-,42-41-,46-44-,47-45-,52-50-,53-51-,58-56-,59-57-,64-62-. The van der Waals surface area contributed by atoms with Crippen LogP contribution >= 0.6 is 7.82 Å². The Morgan fingerprint density at radius 3 is 0.778 bits per heavy atom. The van der Waals surface area contributed by atoms with Crippen LogP contribution in [0.5, 0.6) is 0 Å². The number of phosphoric acid groups is 1. The predicted octanol–water partition coefficient (Wildman–Crippen LogP) is 26.3. The number of phosphoric ester groups is 1. The van der Waals surface area contributed by atoms with E-state index in [-0.39, 0.29) is 32.6 Å². The number of hydrogen-bond donors (Lipinski definition) is 2. The average molecular weight is 1380 g/mol. The predicted molar refractivity (Wildman–Crippen MR) is 430 cm³/mol. The second-order valence-electron chi connectivity index (χ2n) is 24.4. The maximum absolute atomic E-state index is 12.8. The molecule has 0 aliphatic heterocycles. The third-order valence-corrected chi connectivity index (χ3v) is 16.2. The van der Waals surface area contributed by atoms with Crippen LogP contribution in [0.15, 0.2) is 243 Å². The van der Waals surface area contributed by atoms with Crippen LogP contribution in [-0.2, 0) is 32.7 Å². The number of nitrogens with two attached hydrogens (primary N) is 1. The molecular formula is C89H138NO8P. The van der Waals surface area contributed by atoms with Gasteiger partial charge in [0.05, 0.1) is 13.2 Å². The molecule has 2 atom stereocenters. The molecule has 99 heavy (non-hydrogen) atoms. The number of carbonyl (C=O) groups is 2. The minimum atomic E-state index is -4.42. The van der Waals surface area contributed by atoms with Crippen molar-refractivity contribution in [3.8, 4) is 0 Å². The number of unbranched alkanes of at least 4 members (excludes halogenated alkanes) is 16. The topological polar surface area (TPSA) is 134 Å². The molecular weight excluding hydrogens is 1240 g/mol. The van der Waals surface area contributed by atoms with Gasteiger partial charge in [-0.1, -0.05) is 334 Å². The smallest absolute Gasteiger partial charge is 0.462 e. The summed E-state index contributed by atoms with van der Waals surface area (Å²) in [6.07, 6.45) is 128. The Hall–Kier alpha value is -6.19. The first-order valence-corrected chi connectivity index (χ1v) is 40.0. The maximum atomic E-state index is 12.8. The fourth-order valence-corrected chi connectivity index (χ4v) is 10.4. The molecule has 0 fully saturated rings. The van der Waals surface area contributed by atoms with Crippen LogP contribution in [0.1, 0.15) is 271 Å². The first-order valence-electron chi connectivity index (χ1n) is 38.5. The van der Waals surface area contributed by atoms with Gasteiger partial charge in [-0.05, 0) is 167 Å². The summed E-state index contributed by atoms with van der Waals surface area (Å²) in [7, 11) is -4.42. The average Bonchev–Trinajstić information content (AvgIpc) is 1.19. The van der Waals surface area contributed by atoms with Gasteiger partial charge in [0, 0.05) is 19.4 Å². The molecule has 0 bridgehead atoms. The Bertz CT molecular complexity index is 2530. The van der Waals surface area contributed by atoms with Crippen LogP contribution < -0.4 is 5.73 Å². The van der Waals surface area contributed by atoms with Crippen molar-refractivity contribution in [2.24, 2.45) is 5.73 Å². The highest BCUT2D eigenvalue weighted by Crippen LogP contribution is 2.43. The van der Waals surface area contributed by atoms with Crippen molar-refractivity contribution in [3.05, 3.63) is 243 Å². The Balaban J connectivity index is 4.01. The summed E-state index contributed by atoms with van der Waals surface area (Å²) in [5.74, 6) is -0.863. The third kappa shape index (κ3) is 80.7. The first kappa shape index (κ1) is 92.8. The van der Waals surface area contributed by atoms with E-state index in [1.54, 1.807) is 0 Å². The van der Waals surface area contributed by atoms with E-state index in [2.05, 4.69) is 257 Å². The normalized spacial score (nSPS) is 14.3. The van der Waals surface area contributed by atoms with Crippen LogP contribution in [0, 0.1) is 0 Å². The van der Waals surface area contributed by atoms with Gasteiger partial charge in [-0.3, -0.25) is 18.6 Å². The number of rotatable bonds is 69. The molecule has 0 spiro atoms. The minimum Gasteiger partial charge on any atom is -0.462 e. The Kier molecular flexibility index (Phi) is 75.7. The monoisotopic (exact) mass is 1380 g/mol. The highest BCUT2D eigenvalue weighted by molar-refractivity contribution is 7.47. The van der Waals surface area contributed by atoms with Crippen molar-refractivity contribution in [3.63, 3.8) is 0 Å². The number of ether oxygens (including phenoxy) is 2. The summed E-state index contributed by atoms with van der Waals surface area (Å²) in [4.78, 5) is 35.4. The number of allylic oxidation sites excluding steroid dienone is 40. The quantitative estimate of drug-likeness (QED) is 0.0264. The SMILES string of the molecule is CC/C=C\C/C=C\C/C=C\C/C=C\C/C=C\C/C=C\C/C=C\C/C=C\C/C=C\C/C=C\C/C=C\CCCCCCCCCC(=O)OC(COC(=O)CCCCCCCCCCC/C=C\C/C=C\C/C=C\C/C=C\C/C=C\C/C=C\C/C=C\C/C=C\C/C=C\CC)COP(=O)(O)OCCN. The molecule has 0 saturated heterocycles. The Morgan fingerprint density at radius 1 is 0.303 bits per heavy atom. The van der Waals surface area contributed by atoms with Crippen molar-refractivity contribution in [1.29, 1.82) is 0 Å². The van der Waals surface area contributed by atoms with Gasteiger partial charge in [0.25, 0.3) is 0 Å². The minimum absolute atomic E-state index is 0.0382. The lowest BCUT2D eigenvalue weighted by molar-refractivity contribution is -0.161. The fraction of sp³-hybridized carbons (Fsp3) is 0.528. The van der Waals surface area contributed by atoms with E-state index in [9.17, 15) is 19.0 Å². The van der Waals surface area contributed by atoms with Gasteiger partial charge < -0.3 is 20.1 Å². The van der Waals surface area contributed by atoms with Crippen LogP contribution in [0.25, 0.3) is 0 Å². The van der Waals surface area contributed by atoms with E-state index in [0.29, 0.717) is 12.8 Å². The van der Waals surface area contributed by atoms with Gasteiger partial charge in [-0.15, -0.1) is 0 Å². The van der Waals surface area contributed by atoms with E-state index in [0.717, 1.165) is 186 Å². The molecule has 0 aliphatic carbocycles. The van der Waals surface area contributed by atoms with Crippen LogP contribution in [0.3, 0.4) is 0 Å². The maximum Gasteiger partial charge on any atom is 0.472 e. The van der Waals surface area contributed by atoms with E-state index in [4.69, 9.17) is 24.3 Å². The summed E-state index contributed by atoms with van der Waals surface area (Å²) < 4.78 is 33.2. The van der Waals surface area contributed by atoms with Gasteiger partial charge in [0.2, 0.25) is 0 Å². The van der Waals surface area contributed by atoms with Gasteiger partial charge in [-0.25, -0.2) is 4.57 Å². The fourth-order valence-electron chi connectivity index (χ4n) is 9.63. The lowest BCUT2D eigenvalue weighted by Gasteiger charge is -2.19. The summed E-state index contributed by atoms with van der Waals surface area (Å²) >= 11 is 0. The van der Waals surface area contributed by atoms with Crippen LogP contribution in [-0.4, -0.2) is 49.3 Å². The van der Waals surface area contributed by atoms with E-state index < -0.39 is 32.5 Å². The van der Waals surface area contributed by atoms with E-state index in [1.807, 2.05) is 0 Å². The zero-order chi connectivity index (χ0) is 71.5. The molecule has 0 aliphatic rings. The lowest BCUT2D eigenvalue weighted by atomic mass is 10.1. The lowest BCUT2D eigenvalue weighted by Crippen LogP contribution is -2.29. The van der Waals surface area contributed by atoms with Gasteiger partial charge in [0.1, 0.15) is 6.61 Å². The molecule has 9 nitrogen and oxygen atoms in total. The summed E-state index contributed by atoms with van der Waals surface area (Å²) in [5.41, 5.74) is 5.41. The molecule has 0 heterocycles. The van der Waals surface area contributed by atoms with Crippen molar-refractivity contribution in [2.45, 2.75) is 277 Å². The highest BCUT2D eigenvalue weighted by Gasteiger charge is 2.26. The molecule has 3 N–H and O–H groups in total. The van der Waals surface area contributed by atoms with E-state index in [1.165, 1.54) is 44.9 Å². The first-order chi connectivity index (χ1) is 48.8. The molecule has 10 heteroatoms. The number of carbonyl (C=O) groups excluding carboxylic acids is 2. The van der Waals surface area contributed by atoms with Crippen LogP contribution in [0.2, 0.25) is 0 Å². The molecule has 0 saturated carbocycles. The Morgan fingerprint density at radius 2 is 0.525 bits per heavy atom.